The van der Waals surface area contributed by atoms with Crippen LogP contribution in [0.2, 0.25) is 5.02 Å². The number of rotatable bonds is 4. The summed E-state index contributed by atoms with van der Waals surface area (Å²) in [6, 6.07) is 7.67. The summed E-state index contributed by atoms with van der Waals surface area (Å²) in [7, 11) is 0. The minimum atomic E-state index is 0.118. The quantitative estimate of drug-likeness (QED) is 0.900. The Bertz CT molecular complexity index is 496. The van der Waals surface area contributed by atoms with E-state index in [-0.39, 0.29) is 6.04 Å². The van der Waals surface area contributed by atoms with Gasteiger partial charge in [0.1, 0.15) is 0 Å². The van der Waals surface area contributed by atoms with Gasteiger partial charge in [-0.05, 0) is 25.6 Å². The van der Waals surface area contributed by atoms with Crippen LogP contribution in [0.15, 0.2) is 34.9 Å². The number of aromatic nitrogens is 1. The summed E-state index contributed by atoms with van der Waals surface area (Å²) in [6.07, 6.45) is 1.73. The molecule has 0 fully saturated rings. The molecule has 0 aliphatic heterocycles. The fourth-order valence-electron chi connectivity index (χ4n) is 1.66. The lowest BCUT2D eigenvalue weighted by Crippen LogP contribution is -2.17. The van der Waals surface area contributed by atoms with Crippen LogP contribution < -0.4 is 5.32 Å². The van der Waals surface area contributed by atoms with E-state index in [1.165, 1.54) is 0 Å². The van der Waals surface area contributed by atoms with Crippen molar-refractivity contribution < 1.29 is 4.42 Å². The van der Waals surface area contributed by atoms with Gasteiger partial charge in [-0.15, -0.1) is 0 Å². The zero-order valence-corrected chi connectivity index (χ0v) is 10.7. The van der Waals surface area contributed by atoms with E-state index in [4.69, 9.17) is 16.0 Å². The van der Waals surface area contributed by atoms with Gasteiger partial charge in [0, 0.05) is 10.6 Å². The van der Waals surface area contributed by atoms with Gasteiger partial charge >= 0.3 is 0 Å². The highest BCUT2D eigenvalue weighted by molar-refractivity contribution is 6.30. The van der Waals surface area contributed by atoms with Gasteiger partial charge in [0.25, 0.3) is 0 Å². The monoisotopic (exact) mass is 250 g/mol. The van der Waals surface area contributed by atoms with Crippen molar-refractivity contribution in [3.63, 3.8) is 0 Å². The van der Waals surface area contributed by atoms with Gasteiger partial charge in [-0.2, -0.15) is 0 Å². The molecule has 4 heteroatoms. The van der Waals surface area contributed by atoms with E-state index in [1.54, 1.807) is 6.20 Å². The molecule has 3 nitrogen and oxygen atoms in total. The standard InChI is InChI=1S/C13H15ClN2O/c1-3-15-9(2)13-16-8-12(17-13)10-5-4-6-11(14)7-10/h4-9,15H,3H2,1-2H3. The minimum Gasteiger partial charge on any atom is -0.439 e. The van der Waals surface area contributed by atoms with E-state index in [0.29, 0.717) is 10.9 Å². The van der Waals surface area contributed by atoms with Crippen molar-refractivity contribution in [2.75, 3.05) is 6.54 Å². The average Bonchev–Trinajstić information content (AvgIpc) is 2.78. The average molecular weight is 251 g/mol. The van der Waals surface area contributed by atoms with Crippen molar-refractivity contribution in [3.05, 3.63) is 41.4 Å². The first kappa shape index (κ1) is 12.1. The normalized spacial score (nSPS) is 12.6. The fraction of sp³-hybridized carbons (Fsp3) is 0.308. The number of halogens is 1. The van der Waals surface area contributed by atoms with Crippen LogP contribution in [0.5, 0.6) is 0 Å². The molecule has 0 spiro atoms. The maximum absolute atomic E-state index is 5.94. The molecule has 90 valence electrons. The Hall–Kier alpha value is -1.32. The molecule has 0 amide bonds. The highest BCUT2D eigenvalue weighted by Gasteiger charge is 2.12. The molecule has 0 saturated heterocycles. The molecule has 2 aromatic rings. The number of hydrogen-bond acceptors (Lipinski definition) is 3. The van der Waals surface area contributed by atoms with Crippen molar-refractivity contribution in [1.29, 1.82) is 0 Å². The first-order valence-corrected chi connectivity index (χ1v) is 6.03. The van der Waals surface area contributed by atoms with E-state index < -0.39 is 0 Å². The summed E-state index contributed by atoms with van der Waals surface area (Å²) in [5, 5.41) is 3.95. The van der Waals surface area contributed by atoms with E-state index in [1.807, 2.05) is 31.2 Å². The third-order valence-electron chi connectivity index (χ3n) is 2.51. The van der Waals surface area contributed by atoms with Crippen LogP contribution in [0, 0.1) is 0 Å². The summed E-state index contributed by atoms with van der Waals surface area (Å²) >= 11 is 5.94. The second-order valence-corrected chi connectivity index (χ2v) is 4.29. The molecule has 2 rings (SSSR count). The maximum atomic E-state index is 5.94. The Morgan fingerprint density at radius 2 is 2.29 bits per heavy atom. The molecular weight excluding hydrogens is 236 g/mol. The smallest absolute Gasteiger partial charge is 0.211 e. The van der Waals surface area contributed by atoms with Crippen LogP contribution in [0.4, 0.5) is 0 Å². The molecule has 0 radical (unpaired) electrons. The van der Waals surface area contributed by atoms with Crippen LogP contribution in [0.3, 0.4) is 0 Å². The van der Waals surface area contributed by atoms with Crippen LogP contribution in [0.25, 0.3) is 11.3 Å². The van der Waals surface area contributed by atoms with Gasteiger partial charge < -0.3 is 9.73 Å². The van der Waals surface area contributed by atoms with Gasteiger partial charge in [-0.25, -0.2) is 4.98 Å². The second kappa shape index (κ2) is 5.34. The third-order valence-corrected chi connectivity index (χ3v) is 2.75. The summed E-state index contributed by atoms with van der Waals surface area (Å²) in [6.45, 7) is 4.96. The molecule has 0 bridgehead atoms. The predicted octanol–water partition coefficient (Wildman–Crippen LogP) is 3.67. The van der Waals surface area contributed by atoms with Gasteiger partial charge in [-0.3, -0.25) is 0 Å². The molecule has 0 saturated carbocycles. The Kier molecular flexibility index (Phi) is 3.82. The highest BCUT2D eigenvalue weighted by Crippen LogP contribution is 2.25. The van der Waals surface area contributed by atoms with Crippen LogP contribution in [0.1, 0.15) is 25.8 Å². The van der Waals surface area contributed by atoms with Crippen molar-refractivity contribution in [2.24, 2.45) is 0 Å². The number of nitrogens with zero attached hydrogens (tertiary/aromatic N) is 1. The first-order valence-electron chi connectivity index (χ1n) is 5.65. The van der Waals surface area contributed by atoms with Crippen molar-refractivity contribution in [1.82, 2.24) is 10.3 Å². The van der Waals surface area contributed by atoms with E-state index >= 15 is 0 Å². The lowest BCUT2D eigenvalue weighted by Gasteiger charge is -2.06. The zero-order valence-electron chi connectivity index (χ0n) is 9.90. The second-order valence-electron chi connectivity index (χ2n) is 3.85. The Balaban J connectivity index is 2.23. The van der Waals surface area contributed by atoms with Crippen molar-refractivity contribution in [2.45, 2.75) is 19.9 Å². The summed E-state index contributed by atoms with van der Waals surface area (Å²) in [5.41, 5.74) is 0.944. The largest absolute Gasteiger partial charge is 0.439 e. The summed E-state index contributed by atoms with van der Waals surface area (Å²) in [5.74, 6) is 1.44. The predicted molar refractivity (Wildman–Crippen MR) is 69.0 cm³/mol. The van der Waals surface area contributed by atoms with Gasteiger partial charge in [0.2, 0.25) is 5.89 Å². The molecule has 1 unspecified atom stereocenters. The summed E-state index contributed by atoms with van der Waals surface area (Å²) in [4.78, 5) is 4.27. The number of oxazole rings is 1. The van der Waals surface area contributed by atoms with Crippen LogP contribution in [-0.4, -0.2) is 11.5 Å². The number of benzene rings is 1. The SMILES string of the molecule is CCNC(C)c1ncc(-c2cccc(Cl)c2)o1. The Morgan fingerprint density at radius 3 is 3.00 bits per heavy atom. The topological polar surface area (TPSA) is 38.1 Å². The molecule has 0 aliphatic rings. The molecule has 17 heavy (non-hydrogen) atoms. The van der Waals surface area contributed by atoms with Gasteiger partial charge in [0.15, 0.2) is 5.76 Å². The molecule has 1 N–H and O–H groups in total. The Morgan fingerprint density at radius 1 is 1.47 bits per heavy atom. The van der Waals surface area contributed by atoms with E-state index in [2.05, 4.69) is 17.2 Å². The van der Waals surface area contributed by atoms with E-state index in [9.17, 15) is 0 Å². The lowest BCUT2D eigenvalue weighted by molar-refractivity contribution is 0.429. The fourth-order valence-corrected chi connectivity index (χ4v) is 1.85. The lowest BCUT2D eigenvalue weighted by atomic mass is 10.2. The molecule has 1 atom stereocenters. The molecule has 1 aromatic heterocycles. The highest BCUT2D eigenvalue weighted by atomic mass is 35.5. The molecular formula is C13H15ClN2O. The van der Waals surface area contributed by atoms with E-state index in [0.717, 1.165) is 17.9 Å². The maximum Gasteiger partial charge on any atom is 0.211 e. The molecule has 0 aliphatic carbocycles. The van der Waals surface area contributed by atoms with Gasteiger partial charge in [-0.1, -0.05) is 30.7 Å². The number of hydrogen-bond donors (Lipinski definition) is 1. The van der Waals surface area contributed by atoms with Crippen LogP contribution in [-0.2, 0) is 0 Å². The molecule has 1 heterocycles. The Labute approximate surface area is 106 Å². The third kappa shape index (κ3) is 2.87. The molecule has 1 aromatic carbocycles. The van der Waals surface area contributed by atoms with Crippen molar-refractivity contribution >= 4 is 11.6 Å². The zero-order chi connectivity index (χ0) is 12.3. The van der Waals surface area contributed by atoms with Crippen molar-refractivity contribution in [3.8, 4) is 11.3 Å². The summed E-state index contributed by atoms with van der Waals surface area (Å²) < 4.78 is 5.71. The van der Waals surface area contributed by atoms with Crippen LogP contribution >= 0.6 is 11.6 Å². The van der Waals surface area contributed by atoms with Gasteiger partial charge in [0.05, 0.1) is 12.2 Å². The number of nitrogens with one attached hydrogen (secondary N) is 1. The first-order chi connectivity index (χ1) is 8.20. The minimum absolute atomic E-state index is 0.118.